The van der Waals surface area contributed by atoms with Crippen LogP contribution in [0.2, 0.25) is 0 Å². The molecule has 0 spiro atoms. The monoisotopic (exact) mass is 345 g/mol. The van der Waals surface area contributed by atoms with E-state index < -0.39 is 0 Å². The molecule has 1 aliphatic rings. The Kier molecular flexibility index (Phi) is 5.48. The molecule has 1 heterocycles. The van der Waals surface area contributed by atoms with Gasteiger partial charge in [0.05, 0.1) is 6.54 Å². The summed E-state index contributed by atoms with van der Waals surface area (Å²) in [5, 5.41) is 2.89. The van der Waals surface area contributed by atoms with Crippen LogP contribution in [0.5, 0.6) is 0 Å². The molecule has 6 heteroatoms. The summed E-state index contributed by atoms with van der Waals surface area (Å²) in [4.78, 5) is 18.4. The lowest BCUT2D eigenvalue weighted by Crippen LogP contribution is -2.32. The smallest absolute Gasteiger partial charge is 0.273 e. The first-order chi connectivity index (χ1) is 12.1. The van der Waals surface area contributed by atoms with Crippen molar-refractivity contribution < 1.29 is 13.6 Å². The molecule has 1 aromatic heterocycles. The SMILES string of the molecule is CCC(C)N(Cc1nc(C(=O)NC2CC2)co1)Cc1ccccc1F. The number of carbonyl (C=O) groups excluding carboxylic acids is 1. The maximum Gasteiger partial charge on any atom is 0.273 e. The highest BCUT2D eigenvalue weighted by atomic mass is 19.1. The average Bonchev–Trinajstić information content (AvgIpc) is 3.30. The fourth-order valence-corrected chi connectivity index (χ4v) is 2.62. The third kappa shape index (κ3) is 4.66. The van der Waals surface area contributed by atoms with Crippen LogP contribution in [0.25, 0.3) is 0 Å². The Morgan fingerprint density at radius 2 is 2.16 bits per heavy atom. The molecule has 0 radical (unpaired) electrons. The minimum Gasteiger partial charge on any atom is -0.447 e. The van der Waals surface area contributed by atoms with E-state index in [9.17, 15) is 9.18 Å². The van der Waals surface area contributed by atoms with Crippen LogP contribution in [0.4, 0.5) is 4.39 Å². The normalized spacial score (nSPS) is 15.4. The van der Waals surface area contributed by atoms with E-state index in [-0.39, 0.29) is 23.8 Å². The van der Waals surface area contributed by atoms with Crippen LogP contribution in [0.15, 0.2) is 34.9 Å². The second kappa shape index (κ2) is 7.78. The van der Waals surface area contributed by atoms with Gasteiger partial charge in [0.15, 0.2) is 5.69 Å². The second-order valence-corrected chi connectivity index (χ2v) is 6.63. The van der Waals surface area contributed by atoms with Crippen LogP contribution in [-0.2, 0) is 13.1 Å². The standard InChI is InChI=1S/C19H24FN3O2/c1-3-13(2)23(10-14-6-4-5-7-16(14)20)11-18-22-17(12-25-18)19(24)21-15-8-9-15/h4-7,12-13,15H,3,8-11H2,1-2H3,(H,21,24). The van der Waals surface area contributed by atoms with Gasteiger partial charge in [0.25, 0.3) is 5.91 Å². The first kappa shape index (κ1) is 17.6. The number of rotatable bonds is 8. The van der Waals surface area contributed by atoms with E-state index >= 15 is 0 Å². The summed E-state index contributed by atoms with van der Waals surface area (Å²) in [6.07, 6.45) is 4.37. The summed E-state index contributed by atoms with van der Waals surface area (Å²) in [5.41, 5.74) is 0.943. The largest absolute Gasteiger partial charge is 0.447 e. The van der Waals surface area contributed by atoms with Crippen LogP contribution < -0.4 is 5.32 Å². The summed E-state index contributed by atoms with van der Waals surface area (Å²) in [6.45, 7) is 5.07. The molecule has 1 atom stereocenters. The number of halogens is 1. The molecule has 1 aromatic carbocycles. The highest BCUT2D eigenvalue weighted by Crippen LogP contribution is 2.20. The van der Waals surface area contributed by atoms with Gasteiger partial charge in [0, 0.05) is 24.2 Å². The lowest BCUT2D eigenvalue weighted by molar-refractivity contribution is 0.0946. The summed E-state index contributed by atoms with van der Waals surface area (Å²) >= 11 is 0. The van der Waals surface area contributed by atoms with Crippen molar-refractivity contribution in [2.45, 2.75) is 58.3 Å². The lowest BCUT2D eigenvalue weighted by Gasteiger charge is -2.27. The molecule has 134 valence electrons. The zero-order chi connectivity index (χ0) is 17.8. The molecular formula is C19H24FN3O2. The number of amides is 1. The van der Waals surface area contributed by atoms with Crippen molar-refractivity contribution in [1.29, 1.82) is 0 Å². The fraction of sp³-hybridized carbons (Fsp3) is 0.474. The number of nitrogens with one attached hydrogen (secondary N) is 1. The van der Waals surface area contributed by atoms with Gasteiger partial charge in [-0.05, 0) is 32.3 Å². The zero-order valence-corrected chi connectivity index (χ0v) is 14.7. The van der Waals surface area contributed by atoms with Gasteiger partial charge in [-0.2, -0.15) is 0 Å². The van der Waals surface area contributed by atoms with Gasteiger partial charge in [-0.15, -0.1) is 0 Å². The Labute approximate surface area is 147 Å². The molecule has 1 amide bonds. The van der Waals surface area contributed by atoms with E-state index in [1.54, 1.807) is 12.1 Å². The van der Waals surface area contributed by atoms with E-state index in [1.165, 1.54) is 12.3 Å². The fourth-order valence-electron chi connectivity index (χ4n) is 2.62. The van der Waals surface area contributed by atoms with E-state index in [0.717, 1.165) is 19.3 Å². The number of hydrogen-bond acceptors (Lipinski definition) is 4. The topological polar surface area (TPSA) is 58.4 Å². The van der Waals surface area contributed by atoms with Crippen LogP contribution >= 0.6 is 0 Å². The van der Waals surface area contributed by atoms with Crippen molar-refractivity contribution in [3.8, 4) is 0 Å². The van der Waals surface area contributed by atoms with Gasteiger partial charge in [-0.3, -0.25) is 9.69 Å². The molecule has 5 nitrogen and oxygen atoms in total. The quantitative estimate of drug-likeness (QED) is 0.795. The molecule has 0 saturated heterocycles. The number of carbonyl (C=O) groups is 1. The Morgan fingerprint density at radius 3 is 2.84 bits per heavy atom. The third-order valence-corrected chi connectivity index (χ3v) is 4.58. The van der Waals surface area contributed by atoms with Gasteiger partial charge in [0.1, 0.15) is 12.1 Å². The molecular weight excluding hydrogens is 321 g/mol. The Balaban J connectivity index is 1.68. The molecule has 25 heavy (non-hydrogen) atoms. The highest BCUT2D eigenvalue weighted by molar-refractivity contribution is 5.92. The number of hydrogen-bond donors (Lipinski definition) is 1. The van der Waals surface area contributed by atoms with Crippen molar-refractivity contribution >= 4 is 5.91 Å². The maximum atomic E-state index is 14.0. The Bertz CT molecular complexity index is 727. The van der Waals surface area contributed by atoms with Crippen molar-refractivity contribution in [3.05, 3.63) is 53.5 Å². The molecule has 1 saturated carbocycles. The van der Waals surface area contributed by atoms with Gasteiger partial charge >= 0.3 is 0 Å². The number of aromatic nitrogens is 1. The van der Waals surface area contributed by atoms with Crippen LogP contribution in [0.3, 0.4) is 0 Å². The molecule has 0 aliphatic heterocycles. The zero-order valence-electron chi connectivity index (χ0n) is 14.7. The summed E-state index contributed by atoms with van der Waals surface area (Å²) in [5.74, 6) is 0.0620. The molecule has 3 rings (SSSR count). The van der Waals surface area contributed by atoms with Crippen molar-refractivity contribution in [2.24, 2.45) is 0 Å². The maximum absolute atomic E-state index is 14.0. The average molecular weight is 345 g/mol. The predicted molar refractivity (Wildman–Crippen MR) is 92.4 cm³/mol. The van der Waals surface area contributed by atoms with Crippen molar-refractivity contribution in [3.63, 3.8) is 0 Å². The number of benzene rings is 1. The third-order valence-electron chi connectivity index (χ3n) is 4.58. The molecule has 0 bridgehead atoms. The van der Waals surface area contributed by atoms with E-state index in [0.29, 0.717) is 30.2 Å². The van der Waals surface area contributed by atoms with Gasteiger partial charge in [-0.1, -0.05) is 25.1 Å². The highest BCUT2D eigenvalue weighted by Gasteiger charge is 2.25. The van der Waals surface area contributed by atoms with Gasteiger partial charge in [0.2, 0.25) is 5.89 Å². The van der Waals surface area contributed by atoms with Crippen LogP contribution in [0.1, 0.15) is 55.1 Å². The van der Waals surface area contributed by atoms with E-state index in [2.05, 4.69) is 29.0 Å². The minimum atomic E-state index is -0.215. The lowest BCUT2D eigenvalue weighted by atomic mass is 10.1. The molecule has 1 N–H and O–H groups in total. The minimum absolute atomic E-state index is 0.193. The number of oxazole rings is 1. The predicted octanol–water partition coefficient (Wildman–Crippen LogP) is 3.51. The second-order valence-electron chi connectivity index (χ2n) is 6.63. The summed E-state index contributed by atoms with van der Waals surface area (Å²) < 4.78 is 19.4. The van der Waals surface area contributed by atoms with E-state index in [4.69, 9.17) is 4.42 Å². The van der Waals surface area contributed by atoms with Gasteiger partial charge < -0.3 is 9.73 Å². The van der Waals surface area contributed by atoms with Crippen LogP contribution in [-0.4, -0.2) is 27.9 Å². The Hall–Kier alpha value is -2.21. The number of nitrogens with zero attached hydrogens (tertiary/aromatic N) is 2. The molecule has 1 aliphatic carbocycles. The molecule has 2 aromatic rings. The summed E-state index contributed by atoms with van der Waals surface area (Å²) in [6, 6.07) is 7.29. The Morgan fingerprint density at radius 1 is 1.40 bits per heavy atom. The summed E-state index contributed by atoms with van der Waals surface area (Å²) in [7, 11) is 0. The van der Waals surface area contributed by atoms with Crippen LogP contribution in [0, 0.1) is 5.82 Å². The first-order valence-corrected chi connectivity index (χ1v) is 8.79. The van der Waals surface area contributed by atoms with Crippen molar-refractivity contribution in [1.82, 2.24) is 15.2 Å². The molecule has 1 fully saturated rings. The molecule has 1 unspecified atom stereocenters. The first-order valence-electron chi connectivity index (χ1n) is 8.79. The van der Waals surface area contributed by atoms with E-state index in [1.807, 2.05) is 6.07 Å². The van der Waals surface area contributed by atoms with Gasteiger partial charge in [-0.25, -0.2) is 9.37 Å². The van der Waals surface area contributed by atoms with Crippen molar-refractivity contribution in [2.75, 3.05) is 0 Å².